The first-order valence-electron chi connectivity index (χ1n) is 5.96. The minimum absolute atomic E-state index is 0.0511. The van der Waals surface area contributed by atoms with Crippen LogP contribution < -0.4 is 15.2 Å². The number of methoxy groups -OCH3 is 2. The van der Waals surface area contributed by atoms with Crippen LogP contribution in [0.15, 0.2) is 0 Å². The third-order valence-corrected chi connectivity index (χ3v) is 2.98. The number of ether oxygens (including phenoxy) is 3. The van der Waals surface area contributed by atoms with Crippen molar-refractivity contribution in [1.29, 1.82) is 0 Å². The molecule has 0 spiro atoms. The van der Waals surface area contributed by atoms with Gasteiger partial charge in [-0.15, -0.1) is 4.98 Å². The van der Waals surface area contributed by atoms with Gasteiger partial charge in [0, 0.05) is 13.5 Å². The first-order valence-corrected chi connectivity index (χ1v) is 5.96. The second-order valence-corrected chi connectivity index (χ2v) is 4.23. The Morgan fingerprint density at radius 2 is 1.78 bits per heavy atom. The van der Waals surface area contributed by atoms with Gasteiger partial charge in [-0.2, -0.15) is 9.97 Å². The maximum atomic E-state index is 5.71. The first-order chi connectivity index (χ1) is 8.71. The number of anilines is 1. The first kappa shape index (κ1) is 12.8. The van der Waals surface area contributed by atoms with Crippen molar-refractivity contribution in [3.8, 4) is 12.0 Å². The average molecular weight is 254 g/mol. The molecular weight excluding hydrogens is 236 g/mol. The van der Waals surface area contributed by atoms with Crippen LogP contribution in [0.5, 0.6) is 12.0 Å². The molecule has 0 amide bonds. The van der Waals surface area contributed by atoms with Gasteiger partial charge in [0.05, 0.1) is 13.2 Å². The second-order valence-electron chi connectivity index (χ2n) is 4.23. The molecule has 1 aromatic rings. The van der Waals surface area contributed by atoms with Gasteiger partial charge in [-0.3, -0.25) is 0 Å². The molecule has 0 aliphatic heterocycles. The van der Waals surface area contributed by atoms with Crippen LogP contribution in [0.3, 0.4) is 0 Å². The van der Waals surface area contributed by atoms with Crippen LogP contribution in [-0.4, -0.2) is 41.4 Å². The highest BCUT2D eigenvalue weighted by Gasteiger charge is 2.24. The maximum absolute atomic E-state index is 5.71. The molecule has 0 saturated heterocycles. The highest BCUT2D eigenvalue weighted by Crippen LogP contribution is 2.24. The fraction of sp³-hybridized carbons (Fsp3) is 0.727. The highest BCUT2D eigenvalue weighted by atomic mass is 16.5. The van der Waals surface area contributed by atoms with Gasteiger partial charge >= 0.3 is 12.0 Å². The Hall–Kier alpha value is -1.63. The third-order valence-electron chi connectivity index (χ3n) is 2.98. The van der Waals surface area contributed by atoms with Gasteiger partial charge in [0.25, 0.3) is 0 Å². The lowest BCUT2D eigenvalue weighted by Crippen LogP contribution is -2.30. The van der Waals surface area contributed by atoms with Crippen molar-refractivity contribution >= 4 is 5.95 Å². The fourth-order valence-corrected chi connectivity index (χ4v) is 2.07. The van der Waals surface area contributed by atoms with Crippen LogP contribution in [-0.2, 0) is 4.74 Å². The predicted molar refractivity (Wildman–Crippen MR) is 64.5 cm³/mol. The van der Waals surface area contributed by atoms with E-state index in [1.54, 1.807) is 7.11 Å². The van der Waals surface area contributed by atoms with Crippen molar-refractivity contribution in [2.24, 2.45) is 0 Å². The molecule has 7 heteroatoms. The lowest BCUT2D eigenvalue weighted by atomic mass is 9.95. The van der Waals surface area contributed by atoms with Gasteiger partial charge < -0.3 is 19.9 Å². The summed E-state index contributed by atoms with van der Waals surface area (Å²) in [5.74, 6) is 0.0935. The van der Waals surface area contributed by atoms with E-state index in [0.717, 1.165) is 25.7 Å². The van der Waals surface area contributed by atoms with Crippen molar-refractivity contribution in [1.82, 2.24) is 15.0 Å². The summed E-state index contributed by atoms with van der Waals surface area (Å²) in [6, 6.07) is 0.373. The molecule has 0 radical (unpaired) electrons. The van der Waals surface area contributed by atoms with Crippen molar-refractivity contribution in [2.75, 3.05) is 20.0 Å². The molecule has 0 bridgehead atoms. The number of aromatic nitrogens is 3. The number of nitrogen functional groups attached to an aromatic ring is 1. The summed E-state index contributed by atoms with van der Waals surface area (Å²) in [7, 11) is 3.19. The standard InChI is InChI=1S/C11H18N4O3/c1-16-7-4-3-5-8(6-7)18-11-14-9(12)13-10(15-11)17-2/h7-8H,3-6H2,1-2H3,(H2,12,13,14,15). The zero-order valence-electron chi connectivity index (χ0n) is 10.6. The van der Waals surface area contributed by atoms with Crippen molar-refractivity contribution in [3.63, 3.8) is 0 Å². The van der Waals surface area contributed by atoms with Crippen molar-refractivity contribution in [2.45, 2.75) is 37.9 Å². The van der Waals surface area contributed by atoms with Gasteiger partial charge in [0.1, 0.15) is 6.10 Å². The van der Waals surface area contributed by atoms with E-state index < -0.39 is 0 Å². The number of nitrogens with zero attached hydrogens (tertiary/aromatic N) is 3. The van der Waals surface area contributed by atoms with Crippen LogP contribution in [0.4, 0.5) is 5.95 Å². The molecule has 2 unspecified atom stereocenters. The highest BCUT2D eigenvalue weighted by molar-refractivity contribution is 5.20. The molecule has 1 aliphatic carbocycles. The zero-order valence-corrected chi connectivity index (χ0v) is 10.6. The minimum atomic E-state index is 0.0511. The second kappa shape index (κ2) is 5.81. The molecule has 2 atom stereocenters. The summed E-state index contributed by atoms with van der Waals surface area (Å²) in [4.78, 5) is 11.8. The third kappa shape index (κ3) is 3.19. The van der Waals surface area contributed by atoms with E-state index in [2.05, 4.69) is 15.0 Å². The zero-order chi connectivity index (χ0) is 13.0. The molecule has 1 heterocycles. The van der Waals surface area contributed by atoms with Gasteiger partial charge in [-0.05, 0) is 19.3 Å². The molecule has 0 aromatic carbocycles. The summed E-state index contributed by atoms with van der Waals surface area (Å²) in [6.07, 6.45) is 4.23. The van der Waals surface area contributed by atoms with Crippen LogP contribution in [0.2, 0.25) is 0 Å². The van der Waals surface area contributed by atoms with E-state index in [0.29, 0.717) is 0 Å². The molecule has 2 rings (SSSR count). The number of nitrogens with two attached hydrogens (primary N) is 1. The molecular formula is C11H18N4O3. The SMILES string of the molecule is COc1nc(N)nc(OC2CCCC(OC)C2)n1. The average Bonchev–Trinajstić information content (AvgIpc) is 2.38. The Labute approximate surface area is 106 Å². The van der Waals surface area contributed by atoms with E-state index in [-0.39, 0.29) is 30.2 Å². The van der Waals surface area contributed by atoms with Gasteiger partial charge in [-0.1, -0.05) is 0 Å². The Morgan fingerprint density at radius 3 is 2.50 bits per heavy atom. The number of hydrogen-bond acceptors (Lipinski definition) is 7. The molecule has 1 aliphatic rings. The Balaban J connectivity index is 2.02. The number of rotatable bonds is 4. The van der Waals surface area contributed by atoms with Crippen LogP contribution in [0, 0.1) is 0 Å². The van der Waals surface area contributed by atoms with E-state index in [9.17, 15) is 0 Å². The maximum Gasteiger partial charge on any atom is 0.324 e. The summed E-state index contributed by atoms with van der Waals surface area (Å²) in [5, 5.41) is 0. The van der Waals surface area contributed by atoms with Crippen LogP contribution in [0.1, 0.15) is 25.7 Å². The van der Waals surface area contributed by atoms with Gasteiger partial charge in [0.15, 0.2) is 0 Å². The van der Waals surface area contributed by atoms with E-state index in [4.69, 9.17) is 19.9 Å². The molecule has 2 N–H and O–H groups in total. The largest absolute Gasteiger partial charge is 0.467 e. The molecule has 100 valence electrons. The lowest BCUT2D eigenvalue weighted by Gasteiger charge is -2.27. The van der Waals surface area contributed by atoms with Crippen molar-refractivity contribution in [3.05, 3.63) is 0 Å². The minimum Gasteiger partial charge on any atom is -0.467 e. The predicted octanol–water partition coefficient (Wildman–Crippen LogP) is 0.799. The summed E-state index contributed by atoms with van der Waals surface area (Å²) < 4.78 is 16.0. The van der Waals surface area contributed by atoms with E-state index in [1.807, 2.05) is 0 Å². The van der Waals surface area contributed by atoms with Gasteiger partial charge in [0.2, 0.25) is 5.95 Å². The lowest BCUT2D eigenvalue weighted by molar-refractivity contribution is 0.0176. The molecule has 1 saturated carbocycles. The Kier molecular flexibility index (Phi) is 4.14. The smallest absolute Gasteiger partial charge is 0.324 e. The quantitative estimate of drug-likeness (QED) is 0.849. The monoisotopic (exact) mass is 254 g/mol. The number of hydrogen-bond donors (Lipinski definition) is 1. The van der Waals surface area contributed by atoms with Crippen LogP contribution in [0.25, 0.3) is 0 Å². The topological polar surface area (TPSA) is 92.4 Å². The molecule has 1 fully saturated rings. The molecule has 18 heavy (non-hydrogen) atoms. The van der Waals surface area contributed by atoms with Crippen molar-refractivity contribution < 1.29 is 14.2 Å². The van der Waals surface area contributed by atoms with E-state index in [1.165, 1.54) is 7.11 Å². The van der Waals surface area contributed by atoms with Gasteiger partial charge in [-0.25, -0.2) is 0 Å². The summed E-state index contributed by atoms with van der Waals surface area (Å²) >= 11 is 0. The molecule has 1 aromatic heterocycles. The summed E-state index contributed by atoms with van der Waals surface area (Å²) in [6.45, 7) is 0. The normalized spacial score (nSPS) is 23.7. The van der Waals surface area contributed by atoms with E-state index >= 15 is 0 Å². The Bertz CT molecular complexity index is 402. The Morgan fingerprint density at radius 1 is 1.06 bits per heavy atom. The summed E-state index contributed by atoms with van der Waals surface area (Å²) in [5.41, 5.74) is 5.55. The molecule has 7 nitrogen and oxygen atoms in total. The van der Waals surface area contributed by atoms with Crippen LogP contribution >= 0.6 is 0 Å². The fourth-order valence-electron chi connectivity index (χ4n) is 2.07.